The minimum Gasteiger partial charge on any atom is -0.392 e. The van der Waals surface area contributed by atoms with E-state index < -0.39 is 4.92 Å². The van der Waals surface area contributed by atoms with Gasteiger partial charge in [-0.15, -0.1) is 0 Å². The van der Waals surface area contributed by atoms with Crippen molar-refractivity contribution in [1.29, 1.82) is 0 Å². The number of hydrogen-bond donors (Lipinski definition) is 2. The van der Waals surface area contributed by atoms with E-state index in [-0.39, 0.29) is 18.9 Å². The van der Waals surface area contributed by atoms with Gasteiger partial charge >= 0.3 is 0 Å². The summed E-state index contributed by atoms with van der Waals surface area (Å²) >= 11 is 0. The quantitative estimate of drug-likeness (QED) is 0.615. The fourth-order valence-electron chi connectivity index (χ4n) is 1.64. The van der Waals surface area contributed by atoms with Gasteiger partial charge in [0.15, 0.2) is 0 Å². The van der Waals surface area contributed by atoms with Crippen LogP contribution in [0.25, 0.3) is 5.69 Å². The maximum absolute atomic E-state index is 10.6. The van der Waals surface area contributed by atoms with E-state index in [1.165, 1.54) is 24.5 Å². The number of aliphatic hydroxyl groups excluding tert-OH is 2. The number of nitro groups is 1. The Morgan fingerprint density at radius 3 is 2.67 bits per heavy atom. The zero-order valence-corrected chi connectivity index (χ0v) is 9.35. The van der Waals surface area contributed by atoms with Gasteiger partial charge in [-0.05, 0) is 6.07 Å². The van der Waals surface area contributed by atoms with Crippen LogP contribution in [0.15, 0.2) is 30.7 Å². The molecule has 18 heavy (non-hydrogen) atoms. The second kappa shape index (κ2) is 4.94. The van der Waals surface area contributed by atoms with Gasteiger partial charge in [0, 0.05) is 23.9 Å². The van der Waals surface area contributed by atoms with Crippen LogP contribution in [-0.4, -0.2) is 24.7 Å². The number of aliphatic hydroxyl groups is 2. The van der Waals surface area contributed by atoms with E-state index >= 15 is 0 Å². The van der Waals surface area contributed by atoms with Crippen LogP contribution in [0.5, 0.6) is 0 Å². The van der Waals surface area contributed by atoms with Crippen molar-refractivity contribution >= 4 is 5.69 Å². The Labute approximate surface area is 102 Å². The molecule has 0 atom stereocenters. The number of nitro benzene ring substituents is 1. The molecule has 0 spiro atoms. The molecule has 0 aliphatic rings. The summed E-state index contributed by atoms with van der Waals surface area (Å²) in [4.78, 5) is 14.1. The van der Waals surface area contributed by atoms with Gasteiger partial charge in [-0.2, -0.15) is 0 Å². The highest BCUT2D eigenvalue weighted by Crippen LogP contribution is 2.21. The second-order valence-corrected chi connectivity index (χ2v) is 3.66. The normalized spacial score (nSPS) is 10.6. The summed E-state index contributed by atoms with van der Waals surface area (Å²) in [6, 6.07) is 4.20. The number of rotatable bonds is 4. The smallest absolute Gasteiger partial charge is 0.269 e. The third kappa shape index (κ3) is 2.22. The molecule has 94 valence electrons. The number of aromatic nitrogens is 2. The van der Waals surface area contributed by atoms with Gasteiger partial charge < -0.3 is 14.8 Å². The van der Waals surface area contributed by atoms with E-state index in [9.17, 15) is 15.2 Å². The molecule has 0 amide bonds. The Kier molecular flexibility index (Phi) is 3.35. The maximum Gasteiger partial charge on any atom is 0.269 e. The van der Waals surface area contributed by atoms with Crippen molar-refractivity contribution in [2.45, 2.75) is 13.2 Å². The topological polar surface area (TPSA) is 101 Å². The third-order valence-electron chi connectivity index (χ3n) is 2.52. The number of hydrogen-bond acceptors (Lipinski definition) is 5. The van der Waals surface area contributed by atoms with Gasteiger partial charge in [-0.1, -0.05) is 0 Å². The predicted octanol–water partition coefficient (Wildman–Crippen LogP) is 0.765. The lowest BCUT2D eigenvalue weighted by Gasteiger charge is -2.07. The molecule has 0 aliphatic heterocycles. The summed E-state index contributed by atoms with van der Waals surface area (Å²) in [6.07, 6.45) is 3.08. The molecule has 2 N–H and O–H groups in total. The molecule has 0 fully saturated rings. The Morgan fingerprint density at radius 1 is 1.33 bits per heavy atom. The average Bonchev–Trinajstić information content (AvgIpc) is 2.86. The summed E-state index contributed by atoms with van der Waals surface area (Å²) in [5, 5.41) is 28.8. The van der Waals surface area contributed by atoms with Gasteiger partial charge in [0.05, 0.1) is 35.8 Å². The Morgan fingerprint density at radius 2 is 2.11 bits per heavy atom. The molecular formula is C11H11N3O4. The second-order valence-electron chi connectivity index (χ2n) is 3.66. The molecular weight excluding hydrogens is 238 g/mol. The predicted molar refractivity (Wildman–Crippen MR) is 62.1 cm³/mol. The number of nitrogens with zero attached hydrogens (tertiary/aromatic N) is 3. The van der Waals surface area contributed by atoms with Crippen molar-refractivity contribution in [2.75, 3.05) is 0 Å². The van der Waals surface area contributed by atoms with Crippen LogP contribution in [0.4, 0.5) is 5.69 Å². The first kappa shape index (κ1) is 12.2. The Bertz CT molecular complexity index is 579. The fourth-order valence-corrected chi connectivity index (χ4v) is 1.64. The van der Waals surface area contributed by atoms with Crippen LogP contribution in [0.2, 0.25) is 0 Å². The van der Waals surface area contributed by atoms with E-state index in [0.717, 1.165) is 0 Å². The van der Waals surface area contributed by atoms with Gasteiger partial charge in [-0.25, -0.2) is 4.98 Å². The Balaban J connectivity index is 2.47. The van der Waals surface area contributed by atoms with Crippen molar-refractivity contribution in [3.8, 4) is 5.69 Å². The molecule has 2 rings (SSSR count). The summed E-state index contributed by atoms with van der Waals surface area (Å²) in [7, 11) is 0. The first-order valence-corrected chi connectivity index (χ1v) is 5.18. The standard InChI is InChI=1S/C11H11N3O4/c15-5-8-3-10(14(17)18)1-2-11(8)13-4-9(6-16)12-7-13/h1-4,7,15-16H,5-6H2. The zero-order chi connectivity index (χ0) is 13.1. The minimum atomic E-state index is -0.518. The van der Waals surface area contributed by atoms with Gasteiger partial charge in [0.25, 0.3) is 5.69 Å². The number of imidazole rings is 1. The number of non-ortho nitro benzene ring substituents is 1. The summed E-state index contributed by atoms with van der Waals surface area (Å²) in [5.41, 5.74) is 1.42. The highest BCUT2D eigenvalue weighted by atomic mass is 16.6. The monoisotopic (exact) mass is 249 g/mol. The van der Waals surface area contributed by atoms with Crippen LogP contribution in [0.1, 0.15) is 11.3 Å². The minimum absolute atomic E-state index is 0.0784. The summed E-state index contributed by atoms with van der Waals surface area (Å²) < 4.78 is 1.60. The van der Waals surface area contributed by atoms with Crippen molar-refractivity contribution in [1.82, 2.24) is 9.55 Å². The maximum atomic E-state index is 10.6. The molecule has 2 aromatic rings. The lowest BCUT2D eigenvalue weighted by molar-refractivity contribution is -0.384. The lowest BCUT2D eigenvalue weighted by atomic mass is 10.1. The fraction of sp³-hybridized carbons (Fsp3) is 0.182. The highest BCUT2D eigenvalue weighted by molar-refractivity contribution is 5.48. The van der Waals surface area contributed by atoms with Gasteiger partial charge in [0.2, 0.25) is 0 Å². The van der Waals surface area contributed by atoms with Crippen LogP contribution in [-0.2, 0) is 13.2 Å². The molecule has 0 unspecified atom stereocenters. The van der Waals surface area contributed by atoms with Crippen molar-refractivity contribution < 1.29 is 15.1 Å². The van der Waals surface area contributed by atoms with Crippen LogP contribution < -0.4 is 0 Å². The lowest BCUT2D eigenvalue weighted by Crippen LogP contribution is -1.99. The molecule has 1 aromatic carbocycles. The van der Waals surface area contributed by atoms with E-state index in [1.807, 2.05) is 0 Å². The van der Waals surface area contributed by atoms with E-state index in [0.29, 0.717) is 16.9 Å². The number of benzene rings is 1. The molecule has 7 heteroatoms. The average molecular weight is 249 g/mol. The summed E-state index contributed by atoms with van der Waals surface area (Å²) in [6.45, 7) is -0.502. The van der Waals surface area contributed by atoms with Crippen molar-refractivity contribution in [3.05, 3.63) is 52.1 Å². The van der Waals surface area contributed by atoms with Crippen LogP contribution >= 0.6 is 0 Å². The molecule has 0 radical (unpaired) electrons. The molecule has 0 saturated heterocycles. The van der Waals surface area contributed by atoms with Crippen LogP contribution in [0, 0.1) is 10.1 Å². The molecule has 1 heterocycles. The van der Waals surface area contributed by atoms with E-state index in [2.05, 4.69) is 4.98 Å². The summed E-state index contributed by atoms with van der Waals surface area (Å²) in [5.74, 6) is 0. The Hall–Kier alpha value is -2.25. The van der Waals surface area contributed by atoms with Crippen LogP contribution in [0.3, 0.4) is 0 Å². The SMILES string of the molecule is O=[N+]([O-])c1ccc(-n2cnc(CO)c2)c(CO)c1. The first-order valence-electron chi connectivity index (χ1n) is 5.18. The van der Waals surface area contributed by atoms with E-state index in [1.54, 1.807) is 10.8 Å². The zero-order valence-electron chi connectivity index (χ0n) is 9.35. The molecule has 0 aliphatic carbocycles. The molecule has 0 bridgehead atoms. The first-order chi connectivity index (χ1) is 8.65. The van der Waals surface area contributed by atoms with E-state index in [4.69, 9.17) is 5.11 Å². The molecule has 7 nitrogen and oxygen atoms in total. The van der Waals surface area contributed by atoms with Crippen molar-refractivity contribution in [2.24, 2.45) is 0 Å². The molecule has 0 saturated carbocycles. The van der Waals surface area contributed by atoms with Crippen molar-refractivity contribution in [3.63, 3.8) is 0 Å². The van der Waals surface area contributed by atoms with Gasteiger partial charge in [0.1, 0.15) is 0 Å². The molecule has 1 aromatic heterocycles. The highest BCUT2D eigenvalue weighted by Gasteiger charge is 2.11. The third-order valence-corrected chi connectivity index (χ3v) is 2.52. The largest absolute Gasteiger partial charge is 0.392 e. The van der Waals surface area contributed by atoms with Gasteiger partial charge in [-0.3, -0.25) is 10.1 Å².